The van der Waals surface area contributed by atoms with Gasteiger partial charge in [-0.3, -0.25) is 9.59 Å². The normalized spacial score (nSPS) is 16.5. The Labute approximate surface area is 231 Å². The molecule has 0 saturated carbocycles. The molecular weight excluding hydrogens is 571 g/mol. The lowest BCUT2D eigenvalue weighted by Gasteiger charge is -2.34. The number of hydrogen-bond acceptors (Lipinski definition) is 6. The molecule has 40 heavy (non-hydrogen) atoms. The van der Waals surface area contributed by atoms with Gasteiger partial charge in [-0.2, -0.15) is 18.3 Å². The summed E-state index contributed by atoms with van der Waals surface area (Å²) in [5.74, 6) is -2.26. The summed E-state index contributed by atoms with van der Waals surface area (Å²) in [5.41, 5.74) is 4.79. The maximum absolute atomic E-state index is 13.4. The lowest BCUT2D eigenvalue weighted by Crippen LogP contribution is -2.60. The Morgan fingerprint density at radius 1 is 1.00 bits per heavy atom. The molecule has 1 saturated heterocycles. The molecule has 0 aliphatic carbocycles. The average Bonchev–Trinajstić information content (AvgIpc) is 3.34. The van der Waals surface area contributed by atoms with Crippen LogP contribution in [0.4, 0.5) is 13.2 Å². The number of aromatic nitrogens is 3. The first-order valence-corrected chi connectivity index (χ1v) is 14.1. The zero-order chi connectivity index (χ0) is 28.9. The quantitative estimate of drug-likeness (QED) is 0.361. The predicted molar refractivity (Wildman–Crippen MR) is 141 cm³/mol. The molecule has 9 nitrogen and oxygen atoms in total. The van der Waals surface area contributed by atoms with Crippen molar-refractivity contribution in [2.75, 3.05) is 11.5 Å². The number of primary amides is 1. The van der Waals surface area contributed by atoms with Crippen LogP contribution in [0, 0.1) is 0 Å². The van der Waals surface area contributed by atoms with Crippen molar-refractivity contribution in [3.05, 3.63) is 77.1 Å². The monoisotopic (exact) mass is 591 g/mol. The zero-order valence-electron chi connectivity index (χ0n) is 20.6. The van der Waals surface area contributed by atoms with Crippen LogP contribution in [0.2, 0.25) is 5.02 Å². The van der Waals surface area contributed by atoms with E-state index < -0.39 is 38.9 Å². The van der Waals surface area contributed by atoms with Gasteiger partial charge in [0.2, 0.25) is 5.91 Å². The third-order valence-corrected chi connectivity index (χ3v) is 8.91. The molecule has 0 unspecified atom stereocenters. The topological polar surface area (TPSA) is 137 Å². The Kier molecular flexibility index (Phi) is 6.83. The molecule has 0 atom stereocenters. The fourth-order valence-electron chi connectivity index (χ4n) is 4.67. The summed E-state index contributed by atoms with van der Waals surface area (Å²) in [7, 11) is -3.36. The van der Waals surface area contributed by atoms with Crippen molar-refractivity contribution in [1.82, 2.24) is 19.9 Å². The Morgan fingerprint density at radius 2 is 1.65 bits per heavy atom. The molecule has 2 aromatic heterocycles. The van der Waals surface area contributed by atoms with E-state index in [-0.39, 0.29) is 35.6 Å². The van der Waals surface area contributed by atoms with Crippen LogP contribution in [0.5, 0.6) is 0 Å². The number of rotatable bonds is 5. The minimum absolute atomic E-state index is 0.0475. The number of fused-ring (bicyclic) bond motifs is 1. The summed E-state index contributed by atoms with van der Waals surface area (Å²) in [5, 5.41) is 7.25. The van der Waals surface area contributed by atoms with Gasteiger partial charge in [0.1, 0.15) is 11.1 Å². The first kappa shape index (κ1) is 27.6. The Bertz CT molecular complexity index is 1740. The molecule has 1 aliphatic heterocycles. The SMILES string of the molecule is NC(=O)C1(NC(=O)c2cnn3c(-c4ccc(C(F)(F)F)cc4)c(-c4ccccc4Cl)cnc23)CCS(=O)(=O)CC1. The van der Waals surface area contributed by atoms with Crippen LogP contribution in [0.1, 0.15) is 28.8 Å². The van der Waals surface area contributed by atoms with Gasteiger partial charge in [-0.05, 0) is 31.0 Å². The highest BCUT2D eigenvalue weighted by Gasteiger charge is 2.44. The fraction of sp³-hybridized carbons (Fsp3) is 0.231. The van der Waals surface area contributed by atoms with Crippen LogP contribution in [0.3, 0.4) is 0 Å². The summed E-state index contributed by atoms with van der Waals surface area (Å²) in [4.78, 5) is 30.1. The van der Waals surface area contributed by atoms with E-state index in [0.29, 0.717) is 27.4 Å². The van der Waals surface area contributed by atoms with E-state index in [9.17, 15) is 31.2 Å². The molecule has 0 bridgehead atoms. The number of hydrogen-bond donors (Lipinski definition) is 2. The van der Waals surface area contributed by atoms with Crippen LogP contribution in [-0.4, -0.2) is 51.9 Å². The highest BCUT2D eigenvalue weighted by atomic mass is 35.5. The number of nitrogens with two attached hydrogens (primary N) is 1. The Hall–Kier alpha value is -3.97. The minimum atomic E-state index is -4.54. The van der Waals surface area contributed by atoms with Gasteiger partial charge in [0.05, 0.1) is 29.0 Å². The van der Waals surface area contributed by atoms with Gasteiger partial charge in [-0.25, -0.2) is 17.9 Å². The molecule has 3 N–H and O–H groups in total. The first-order valence-electron chi connectivity index (χ1n) is 11.9. The van der Waals surface area contributed by atoms with Crippen LogP contribution < -0.4 is 11.1 Å². The summed E-state index contributed by atoms with van der Waals surface area (Å²) in [6.45, 7) is 0. The van der Waals surface area contributed by atoms with E-state index in [2.05, 4.69) is 15.4 Å². The van der Waals surface area contributed by atoms with Crippen LogP contribution in [0.15, 0.2) is 60.9 Å². The van der Waals surface area contributed by atoms with Crippen molar-refractivity contribution in [3.8, 4) is 22.4 Å². The Morgan fingerprint density at radius 3 is 2.25 bits per heavy atom. The number of benzene rings is 2. The maximum Gasteiger partial charge on any atom is 0.416 e. The molecule has 14 heteroatoms. The number of sulfone groups is 1. The number of amides is 2. The molecule has 5 rings (SSSR count). The summed E-state index contributed by atoms with van der Waals surface area (Å²) >= 11 is 6.43. The standard InChI is InChI=1S/C26H21ClF3N5O4S/c27-20-4-2-1-3-17(20)18-13-32-22-19(23(36)34-25(24(31)37)9-11-40(38,39)12-10-25)14-33-35(22)21(18)15-5-7-16(8-6-15)26(28,29)30/h1-8,13-14H,9-12H2,(H2,31,37)(H,34,36). The summed E-state index contributed by atoms with van der Waals surface area (Å²) in [6.07, 6.45) is -2.27. The summed E-state index contributed by atoms with van der Waals surface area (Å²) < 4.78 is 64.8. The van der Waals surface area contributed by atoms with Crippen molar-refractivity contribution in [1.29, 1.82) is 0 Å². The molecule has 2 amide bonds. The lowest BCUT2D eigenvalue weighted by atomic mass is 9.91. The highest BCUT2D eigenvalue weighted by Crippen LogP contribution is 2.38. The van der Waals surface area contributed by atoms with E-state index >= 15 is 0 Å². The number of carbonyl (C=O) groups is 2. The van der Waals surface area contributed by atoms with Crippen LogP contribution in [-0.2, 0) is 20.8 Å². The van der Waals surface area contributed by atoms with Gasteiger partial charge in [-0.15, -0.1) is 0 Å². The smallest absolute Gasteiger partial charge is 0.368 e. The number of carbonyl (C=O) groups excluding carboxylic acids is 2. The number of alkyl halides is 3. The molecule has 1 aliphatic rings. The van der Waals surface area contributed by atoms with E-state index in [1.807, 2.05) is 0 Å². The van der Waals surface area contributed by atoms with E-state index in [1.165, 1.54) is 29.0 Å². The van der Waals surface area contributed by atoms with Gasteiger partial charge >= 0.3 is 6.18 Å². The van der Waals surface area contributed by atoms with Crippen molar-refractivity contribution < 1.29 is 31.2 Å². The van der Waals surface area contributed by atoms with Gasteiger partial charge in [0.25, 0.3) is 5.91 Å². The lowest BCUT2D eigenvalue weighted by molar-refractivity contribution is -0.137. The number of nitrogens with one attached hydrogen (secondary N) is 1. The van der Waals surface area contributed by atoms with E-state index in [4.69, 9.17) is 17.3 Å². The predicted octanol–water partition coefficient (Wildman–Crippen LogP) is 3.90. The number of nitrogens with zero attached hydrogens (tertiary/aromatic N) is 3. The van der Waals surface area contributed by atoms with Crippen molar-refractivity contribution in [2.24, 2.45) is 5.73 Å². The van der Waals surface area contributed by atoms with Crippen molar-refractivity contribution >= 4 is 38.9 Å². The third-order valence-electron chi connectivity index (χ3n) is 6.93. The van der Waals surface area contributed by atoms with Crippen molar-refractivity contribution in [2.45, 2.75) is 24.6 Å². The fourth-order valence-corrected chi connectivity index (χ4v) is 6.43. The largest absolute Gasteiger partial charge is 0.416 e. The highest BCUT2D eigenvalue weighted by molar-refractivity contribution is 7.91. The molecular formula is C26H21ClF3N5O4S. The van der Waals surface area contributed by atoms with Crippen molar-refractivity contribution in [3.63, 3.8) is 0 Å². The second kappa shape index (κ2) is 9.89. The first-order chi connectivity index (χ1) is 18.8. The van der Waals surface area contributed by atoms with Gasteiger partial charge in [0.15, 0.2) is 15.5 Å². The van der Waals surface area contributed by atoms with Crippen LogP contribution >= 0.6 is 11.6 Å². The van der Waals surface area contributed by atoms with Gasteiger partial charge < -0.3 is 11.1 Å². The molecule has 208 valence electrons. The van der Waals surface area contributed by atoms with Gasteiger partial charge in [0, 0.05) is 27.9 Å². The van der Waals surface area contributed by atoms with Gasteiger partial charge in [-0.1, -0.05) is 41.9 Å². The van der Waals surface area contributed by atoms with Crippen LogP contribution in [0.25, 0.3) is 28.0 Å². The molecule has 0 spiro atoms. The molecule has 4 aromatic rings. The maximum atomic E-state index is 13.4. The second-order valence-electron chi connectivity index (χ2n) is 9.42. The van der Waals surface area contributed by atoms with E-state index in [1.54, 1.807) is 24.3 Å². The van der Waals surface area contributed by atoms with E-state index in [0.717, 1.165) is 12.1 Å². The average molecular weight is 592 g/mol. The molecule has 3 heterocycles. The Balaban J connectivity index is 1.63. The number of halogens is 4. The molecule has 0 radical (unpaired) electrons. The molecule has 2 aromatic carbocycles. The second-order valence-corrected chi connectivity index (χ2v) is 12.1. The zero-order valence-corrected chi connectivity index (χ0v) is 22.1. The third kappa shape index (κ3) is 5.02. The minimum Gasteiger partial charge on any atom is -0.368 e. The molecule has 1 fully saturated rings. The summed E-state index contributed by atoms with van der Waals surface area (Å²) in [6, 6.07) is 11.2.